The average molecular weight is 218 g/mol. The first-order chi connectivity index (χ1) is 7.59. The van der Waals surface area contributed by atoms with Crippen molar-refractivity contribution in [2.45, 2.75) is 13.8 Å². The second-order valence-electron chi connectivity index (χ2n) is 3.67. The minimum Gasteiger partial charge on any atom is -0.313 e. The number of hydrogen-bond donors (Lipinski definition) is 1. The summed E-state index contributed by atoms with van der Waals surface area (Å²) in [5, 5.41) is 0. The predicted octanol–water partition coefficient (Wildman–Crippen LogP) is 2.19. The van der Waals surface area contributed by atoms with Gasteiger partial charge in [-0.2, -0.15) is 0 Å². The Bertz CT molecular complexity index is 590. The number of aromatic amines is 1. The molecule has 2 aromatic rings. The molecule has 2 rings (SSSR count). The Morgan fingerprint density at radius 1 is 1.31 bits per heavy atom. The summed E-state index contributed by atoms with van der Waals surface area (Å²) in [7, 11) is 0. The summed E-state index contributed by atoms with van der Waals surface area (Å²) in [4.78, 5) is 18.0. The lowest BCUT2D eigenvalue weighted by Gasteiger charge is -2.05. The van der Waals surface area contributed by atoms with Crippen LogP contribution in [0.5, 0.6) is 0 Å². The Balaban J connectivity index is 2.63. The van der Waals surface area contributed by atoms with E-state index in [9.17, 15) is 9.18 Å². The number of aromatic nitrogens is 2. The van der Waals surface area contributed by atoms with E-state index < -0.39 is 0 Å². The number of H-pyrrole nitrogens is 1. The molecule has 1 N–H and O–H groups in total. The zero-order chi connectivity index (χ0) is 11.7. The molecule has 0 unspecified atom stereocenters. The maximum Gasteiger partial charge on any atom is 0.254 e. The number of aryl methyl sites for hydroxylation is 1. The van der Waals surface area contributed by atoms with E-state index in [1.807, 2.05) is 0 Å². The average Bonchev–Trinajstić information content (AvgIpc) is 2.26. The molecule has 4 heteroatoms. The van der Waals surface area contributed by atoms with Crippen LogP contribution in [0.3, 0.4) is 0 Å². The molecule has 1 aromatic heterocycles. The monoisotopic (exact) mass is 218 g/mol. The van der Waals surface area contributed by atoms with E-state index in [4.69, 9.17) is 0 Å². The van der Waals surface area contributed by atoms with Crippen LogP contribution in [0.4, 0.5) is 4.39 Å². The summed E-state index contributed by atoms with van der Waals surface area (Å²) < 4.78 is 13.1. The molecule has 82 valence electrons. The van der Waals surface area contributed by atoms with Crippen molar-refractivity contribution in [2.24, 2.45) is 0 Å². The van der Waals surface area contributed by atoms with E-state index in [1.54, 1.807) is 26.0 Å². The van der Waals surface area contributed by atoms with Gasteiger partial charge in [0.05, 0.1) is 12.0 Å². The number of nitrogens with zero attached hydrogens (tertiary/aromatic N) is 1. The van der Waals surface area contributed by atoms with Gasteiger partial charge in [-0.25, -0.2) is 9.37 Å². The van der Waals surface area contributed by atoms with E-state index in [0.29, 0.717) is 16.8 Å². The van der Waals surface area contributed by atoms with Crippen molar-refractivity contribution in [3.8, 4) is 11.3 Å². The second-order valence-corrected chi connectivity index (χ2v) is 3.67. The zero-order valence-electron chi connectivity index (χ0n) is 9.04. The molecule has 0 amide bonds. The Morgan fingerprint density at radius 2 is 2.06 bits per heavy atom. The van der Waals surface area contributed by atoms with Gasteiger partial charge in [0.15, 0.2) is 0 Å². The van der Waals surface area contributed by atoms with Crippen LogP contribution in [0.25, 0.3) is 11.3 Å². The van der Waals surface area contributed by atoms with Gasteiger partial charge in [0.1, 0.15) is 5.82 Å². The molecule has 0 atom stereocenters. The van der Waals surface area contributed by atoms with Crippen molar-refractivity contribution in [1.29, 1.82) is 0 Å². The molecule has 16 heavy (non-hydrogen) atoms. The molecule has 0 aliphatic heterocycles. The molecule has 0 saturated carbocycles. The van der Waals surface area contributed by atoms with Crippen LogP contribution >= 0.6 is 0 Å². The smallest absolute Gasteiger partial charge is 0.254 e. The minimum absolute atomic E-state index is 0.174. The minimum atomic E-state index is -0.258. The highest BCUT2D eigenvalue weighted by molar-refractivity contribution is 5.62. The topological polar surface area (TPSA) is 45.8 Å². The first kappa shape index (κ1) is 10.5. The molecule has 0 saturated heterocycles. The van der Waals surface area contributed by atoms with Gasteiger partial charge < -0.3 is 4.98 Å². The Morgan fingerprint density at radius 3 is 2.75 bits per heavy atom. The second kappa shape index (κ2) is 3.89. The lowest BCUT2D eigenvalue weighted by Crippen LogP contribution is -2.11. The molecular weight excluding hydrogens is 207 g/mol. The van der Waals surface area contributed by atoms with Gasteiger partial charge in [0.25, 0.3) is 5.56 Å². The van der Waals surface area contributed by atoms with Crippen LogP contribution in [0.1, 0.15) is 11.1 Å². The van der Waals surface area contributed by atoms with Crippen LogP contribution in [-0.2, 0) is 0 Å². The maximum absolute atomic E-state index is 13.1. The van der Waals surface area contributed by atoms with Gasteiger partial charge in [-0.15, -0.1) is 0 Å². The summed E-state index contributed by atoms with van der Waals surface area (Å²) in [6, 6.07) is 4.69. The lowest BCUT2D eigenvalue weighted by molar-refractivity contribution is 0.618. The van der Waals surface area contributed by atoms with Crippen LogP contribution in [-0.4, -0.2) is 9.97 Å². The van der Waals surface area contributed by atoms with Crippen LogP contribution in [0.15, 0.2) is 29.3 Å². The van der Waals surface area contributed by atoms with E-state index in [1.165, 1.54) is 12.4 Å². The van der Waals surface area contributed by atoms with Crippen LogP contribution in [0, 0.1) is 19.7 Å². The quantitative estimate of drug-likeness (QED) is 0.797. The standard InChI is InChI=1S/C12H11FN2O/c1-7-5-9(3-4-10(7)13)11-8(2)12(16)15-6-14-11/h3-6H,1-2H3,(H,14,15,16). The van der Waals surface area contributed by atoms with Crippen molar-refractivity contribution < 1.29 is 4.39 Å². The Labute approximate surface area is 92.0 Å². The molecule has 0 radical (unpaired) electrons. The number of hydrogen-bond acceptors (Lipinski definition) is 2. The van der Waals surface area contributed by atoms with Crippen molar-refractivity contribution >= 4 is 0 Å². The molecule has 0 spiro atoms. The summed E-state index contributed by atoms with van der Waals surface area (Å²) >= 11 is 0. The van der Waals surface area contributed by atoms with Gasteiger partial charge in [-0.3, -0.25) is 4.79 Å². The molecule has 1 aromatic carbocycles. The Kier molecular flexibility index (Phi) is 2.56. The van der Waals surface area contributed by atoms with Crippen LogP contribution < -0.4 is 5.56 Å². The molecule has 3 nitrogen and oxygen atoms in total. The third-order valence-corrected chi connectivity index (χ3v) is 2.52. The summed E-state index contributed by atoms with van der Waals surface area (Å²) in [5.74, 6) is -0.258. The van der Waals surface area contributed by atoms with Crippen molar-refractivity contribution in [3.63, 3.8) is 0 Å². The number of halogens is 1. The molecular formula is C12H11FN2O. The first-order valence-electron chi connectivity index (χ1n) is 4.90. The molecule has 0 aliphatic rings. The van der Waals surface area contributed by atoms with Gasteiger partial charge in [0, 0.05) is 11.1 Å². The van der Waals surface area contributed by atoms with Gasteiger partial charge in [-0.1, -0.05) is 0 Å². The number of rotatable bonds is 1. The normalized spacial score (nSPS) is 10.4. The maximum atomic E-state index is 13.1. The lowest BCUT2D eigenvalue weighted by atomic mass is 10.1. The largest absolute Gasteiger partial charge is 0.313 e. The van der Waals surface area contributed by atoms with E-state index in [-0.39, 0.29) is 11.4 Å². The van der Waals surface area contributed by atoms with Crippen LogP contribution in [0.2, 0.25) is 0 Å². The summed E-state index contributed by atoms with van der Waals surface area (Å²) in [6.07, 6.45) is 1.35. The summed E-state index contributed by atoms with van der Waals surface area (Å²) in [6.45, 7) is 3.38. The fourth-order valence-electron chi connectivity index (χ4n) is 1.55. The van der Waals surface area contributed by atoms with Crippen molar-refractivity contribution in [1.82, 2.24) is 9.97 Å². The summed E-state index contributed by atoms with van der Waals surface area (Å²) in [5.41, 5.74) is 2.24. The van der Waals surface area contributed by atoms with Gasteiger partial charge >= 0.3 is 0 Å². The third kappa shape index (κ3) is 1.74. The zero-order valence-corrected chi connectivity index (χ0v) is 9.04. The Hall–Kier alpha value is -1.97. The van der Waals surface area contributed by atoms with E-state index in [2.05, 4.69) is 9.97 Å². The number of benzene rings is 1. The molecule has 0 bridgehead atoms. The number of nitrogens with one attached hydrogen (secondary N) is 1. The predicted molar refractivity (Wildman–Crippen MR) is 59.7 cm³/mol. The SMILES string of the molecule is Cc1cc(-c2nc[nH]c(=O)c2C)ccc1F. The van der Waals surface area contributed by atoms with Crippen molar-refractivity contribution in [2.75, 3.05) is 0 Å². The highest BCUT2D eigenvalue weighted by Gasteiger charge is 2.07. The molecule has 0 fully saturated rings. The third-order valence-electron chi connectivity index (χ3n) is 2.52. The van der Waals surface area contributed by atoms with E-state index >= 15 is 0 Å². The van der Waals surface area contributed by atoms with Gasteiger partial charge in [-0.05, 0) is 37.6 Å². The molecule has 0 aliphatic carbocycles. The van der Waals surface area contributed by atoms with Gasteiger partial charge in [0.2, 0.25) is 0 Å². The fraction of sp³-hybridized carbons (Fsp3) is 0.167. The van der Waals surface area contributed by atoms with E-state index in [0.717, 1.165) is 5.56 Å². The highest BCUT2D eigenvalue weighted by Crippen LogP contribution is 2.20. The highest BCUT2D eigenvalue weighted by atomic mass is 19.1. The first-order valence-corrected chi connectivity index (χ1v) is 4.90. The molecule has 1 heterocycles. The fourth-order valence-corrected chi connectivity index (χ4v) is 1.55. The van der Waals surface area contributed by atoms with Crippen molar-refractivity contribution in [3.05, 3.63) is 51.8 Å².